The fourth-order valence-electron chi connectivity index (χ4n) is 5.17. The van der Waals surface area contributed by atoms with Crippen LogP contribution in [0.3, 0.4) is 0 Å². The predicted molar refractivity (Wildman–Crippen MR) is 125 cm³/mol. The Morgan fingerprint density at radius 3 is 2.44 bits per heavy atom. The Labute approximate surface area is 189 Å². The van der Waals surface area contributed by atoms with E-state index in [0.717, 1.165) is 53.7 Å². The van der Waals surface area contributed by atoms with Crippen molar-refractivity contribution in [3.63, 3.8) is 0 Å². The first-order chi connectivity index (χ1) is 15.5. The third kappa shape index (κ3) is 4.59. The molecule has 7 heteroatoms. The molecule has 0 saturated carbocycles. The maximum Gasteiger partial charge on any atom is 0.142 e. The van der Waals surface area contributed by atoms with Crippen LogP contribution in [-0.4, -0.2) is 74.6 Å². The number of nitrogens with zero attached hydrogens (tertiary/aromatic N) is 6. The van der Waals surface area contributed by atoms with Crippen LogP contribution in [0.1, 0.15) is 31.4 Å². The summed E-state index contributed by atoms with van der Waals surface area (Å²) in [5, 5.41) is 5.26. The summed E-state index contributed by atoms with van der Waals surface area (Å²) in [6.07, 6.45) is 12.3. The van der Waals surface area contributed by atoms with Crippen LogP contribution in [0.2, 0.25) is 0 Å². The molecule has 2 saturated heterocycles. The molecule has 0 atom stereocenters. The van der Waals surface area contributed by atoms with Crippen LogP contribution in [0, 0.1) is 5.92 Å². The van der Waals surface area contributed by atoms with Gasteiger partial charge in [0.2, 0.25) is 0 Å². The Morgan fingerprint density at radius 2 is 1.72 bits per heavy atom. The fraction of sp³-hybridized carbons (Fsp3) is 0.520. The highest BCUT2D eigenvalue weighted by Crippen LogP contribution is 2.26. The van der Waals surface area contributed by atoms with Gasteiger partial charge in [0, 0.05) is 60.0 Å². The van der Waals surface area contributed by atoms with Gasteiger partial charge in [-0.2, -0.15) is 5.10 Å². The molecule has 0 bridgehead atoms. The van der Waals surface area contributed by atoms with Gasteiger partial charge in [0.1, 0.15) is 5.78 Å². The molecule has 5 rings (SSSR count). The summed E-state index contributed by atoms with van der Waals surface area (Å²) in [4.78, 5) is 27.1. The van der Waals surface area contributed by atoms with Crippen molar-refractivity contribution in [1.29, 1.82) is 0 Å². The van der Waals surface area contributed by atoms with Crippen LogP contribution in [0.25, 0.3) is 22.0 Å². The minimum Gasteiger partial charge on any atom is -0.306 e. The molecule has 2 fully saturated rings. The Balaban J connectivity index is 1.22. The predicted octanol–water partition coefficient (Wildman–Crippen LogP) is 2.95. The Hall–Kier alpha value is -2.64. The SMILES string of the molecule is CN1CCC(N2CCC(C(=O)Cc3cc4cc(-c5cnn(C)c5)cnc4cn3)CC2)CC1. The van der Waals surface area contributed by atoms with Crippen molar-refractivity contribution in [2.75, 3.05) is 33.2 Å². The number of hydrogen-bond acceptors (Lipinski definition) is 6. The van der Waals surface area contributed by atoms with E-state index in [0.29, 0.717) is 18.2 Å². The summed E-state index contributed by atoms with van der Waals surface area (Å²) in [6.45, 7) is 4.48. The molecule has 0 N–H and O–H groups in total. The van der Waals surface area contributed by atoms with E-state index in [4.69, 9.17) is 0 Å². The van der Waals surface area contributed by atoms with E-state index in [1.54, 1.807) is 10.9 Å². The maximum atomic E-state index is 13.0. The van der Waals surface area contributed by atoms with Crippen LogP contribution >= 0.6 is 0 Å². The average Bonchev–Trinajstić information content (AvgIpc) is 3.25. The molecule has 0 radical (unpaired) electrons. The van der Waals surface area contributed by atoms with Gasteiger partial charge in [-0.05, 0) is 71.0 Å². The highest BCUT2D eigenvalue weighted by atomic mass is 16.1. The lowest BCUT2D eigenvalue weighted by Gasteiger charge is -2.40. The molecule has 2 aliphatic rings. The number of likely N-dealkylation sites (tertiary alicyclic amines) is 2. The second-order valence-electron chi connectivity index (χ2n) is 9.48. The monoisotopic (exact) mass is 432 g/mol. The molecular formula is C25H32N6O. The second-order valence-corrected chi connectivity index (χ2v) is 9.48. The molecule has 5 heterocycles. The van der Waals surface area contributed by atoms with E-state index in [1.165, 1.54) is 25.9 Å². The smallest absolute Gasteiger partial charge is 0.142 e. The van der Waals surface area contributed by atoms with Crippen molar-refractivity contribution >= 4 is 16.7 Å². The maximum absolute atomic E-state index is 13.0. The van der Waals surface area contributed by atoms with Gasteiger partial charge in [0.05, 0.1) is 17.9 Å². The first-order valence-electron chi connectivity index (χ1n) is 11.7. The van der Waals surface area contributed by atoms with Crippen LogP contribution in [0.4, 0.5) is 0 Å². The van der Waals surface area contributed by atoms with Crippen molar-refractivity contribution in [2.45, 2.75) is 38.1 Å². The van der Waals surface area contributed by atoms with Gasteiger partial charge in [0.15, 0.2) is 0 Å². The molecule has 168 valence electrons. The lowest BCUT2D eigenvalue weighted by molar-refractivity contribution is -0.124. The topological polar surface area (TPSA) is 67.2 Å². The van der Waals surface area contributed by atoms with Crippen molar-refractivity contribution in [2.24, 2.45) is 13.0 Å². The molecule has 3 aromatic rings. The summed E-state index contributed by atoms with van der Waals surface area (Å²) in [5.41, 5.74) is 3.74. The van der Waals surface area contributed by atoms with E-state index in [2.05, 4.69) is 38.0 Å². The van der Waals surface area contributed by atoms with Crippen LogP contribution in [0.15, 0.2) is 36.9 Å². The number of rotatable bonds is 5. The number of aryl methyl sites for hydroxylation is 1. The number of fused-ring (bicyclic) bond motifs is 1. The molecule has 2 aliphatic heterocycles. The third-order valence-corrected chi connectivity index (χ3v) is 7.21. The van der Waals surface area contributed by atoms with E-state index < -0.39 is 0 Å². The number of piperidine rings is 2. The van der Waals surface area contributed by atoms with E-state index in [9.17, 15) is 4.79 Å². The summed E-state index contributed by atoms with van der Waals surface area (Å²) < 4.78 is 1.79. The van der Waals surface area contributed by atoms with Crippen LogP contribution in [0.5, 0.6) is 0 Å². The van der Waals surface area contributed by atoms with Gasteiger partial charge < -0.3 is 9.80 Å². The van der Waals surface area contributed by atoms with Gasteiger partial charge in [-0.15, -0.1) is 0 Å². The van der Waals surface area contributed by atoms with Crippen LogP contribution < -0.4 is 0 Å². The standard InChI is InChI=1S/C25H32N6O/c1-29-7-5-23(6-8-29)31-9-3-18(4-10-31)25(32)13-22-12-19-11-20(14-27-24(19)16-26-22)21-15-28-30(2)17-21/h11-12,14-18,23H,3-10,13H2,1-2H3. The molecule has 0 spiro atoms. The molecule has 0 amide bonds. The fourth-order valence-corrected chi connectivity index (χ4v) is 5.17. The van der Waals surface area contributed by atoms with Gasteiger partial charge in [-0.3, -0.25) is 19.4 Å². The highest BCUT2D eigenvalue weighted by Gasteiger charge is 2.30. The first kappa shape index (κ1) is 21.2. The summed E-state index contributed by atoms with van der Waals surface area (Å²) in [5.74, 6) is 0.492. The molecule has 0 aliphatic carbocycles. The van der Waals surface area contributed by atoms with Crippen LogP contribution in [-0.2, 0) is 18.3 Å². The number of carbonyl (C=O) groups excluding carboxylic acids is 1. The first-order valence-corrected chi connectivity index (χ1v) is 11.7. The van der Waals surface area contributed by atoms with E-state index in [-0.39, 0.29) is 5.92 Å². The van der Waals surface area contributed by atoms with Gasteiger partial charge in [-0.25, -0.2) is 0 Å². The van der Waals surface area contributed by atoms with Crippen molar-refractivity contribution in [3.05, 3.63) is 42.6 Å². The number of ketones is 1. The largest absolute Gasteiger partial charge is 0.306 e. The van der Waals surface area contributed by atoms with E-state index in [1.807, 2.05) is 31.7 Å². The number of Topliss-reactive ketones (excluding diaryl/α,β-unsaturated/α-hetero) is 1. The zero-order valence-corrected chi connectivity index (χ0v) is 19.1. The normalized spacial score (nSPS) is 19.6. The zero-order valence-electron chi connectivity index (χ0n) is 19.1. The lowest BCUT2D eigenvalue weighted by atomic mass is 9.88. The van der Waals surface area contributed by atoms with Gasteiger partial charge in [0.25, 0.3) is 0 Å². The Kier molecular flexibility index (Phi) is 6.02. The number of aromatic nitrogens is 4. The summed E-state index contributed by atoms with van der Waals surface area (Å²) in [6, 6.07) is 4.83. The van der Waals surface area contributed by atoms with Gasteiger partial charge in [-0.1, -0.05) is 0 Å². The van der Waals surface area contributed by atoms with Crippen molar-refractivity contribution in [1.82, 2.24) is 29.5 Å². The molecule has 0 unspecified atom stereocenters. The molecular weight excluding hydrogens is 400 g/mol. The molecule has 0 aromatic carbocycles. The third-order valence-electron chi connectivity index (χ3n) is 7.21. The Bertz CT molecular complexity index is 1090. The number of hydrogen-bond donors (Lipinski definition) is 0. The summed E-state index contributed by atoms with van der Waals surface area (Å²) in [7, 11) is 4.11. The molecule has 3 aromatic heterocycles. The highest BCUT2D eigenvalue weighted by molar-refractivity contribution is 5.86. The minimum absolute atomic E-state index is 0.162. The van der Waals surface area contributed by atoms with E-state index >= 15 is 0 Å². The molecule has 7 nitrogen and oxygen atoms in total. The minimum atomic E-state index is 0.162. The van der Waals surface area contributed by atoms with Crippen molar-refractivity contribution < 1.29 is 4.79 Å². The lowest BCUT2D eigenvalue weighted by Crippen LogP contribution is -2.47. The van der Waals surface area contributed by atoms with Gasteiger partial charge >= 0.3 is 0 Å². The average molecular weight is 433 g/mol. The number of pyridine rings is 2. The second kappa shape index (κ2) is 9.08. The quantitative estimate of drug-likeness (QED) is 0.618. The molecule has 32 heavy (non-hydrogen) atoms. The number of carbonyl (C=O) groups is 1. The van der Waals surface area contributed by atoms with Crippen molar-refractivity contribution in [3.8, 4) is 11.1 Å². The Morgan fingerprint density at radius 1 is 0.938 bits per heavy atom. The zero-order chi connectivity index (χ0) is 22.1. The summed E-state index contributed by atoms with van der Waals surface area (Å²) >= 11 is 0.